The van der Waals surface area contributed by atoms with Crippen LogP contribution < -0.4 is 10.5 Å². The molecule has 1 aromatic rings. The first-order valence-corrected chi connectivity index (χ1v) is 5.78. The zero-order valence-electron chi connectivity index (χ0n) is 10.9. The van der Waals surface area contributed by atoms with Gasteiger partial charge in [-0.25, -0.2) is 0 Å². The average Bonchev–Trinajstić information content (AvgIpc) is 2.34. The minimum absolute atomic E-state index is 0. The van der Waals surface area contributed by atoms with Gasteiger partial charge in [0.2, 0.25) is 0 Å². The van der Waals surface area contributed by atoms with Crippen LogP contribution in [0.3, 0.4) is 0 Å². The standard InChI is InChI=1S/C12H12F7NO.ClH/c13-10(14)12(18,19)21-8-3-1-2-7(6-8)9(20)4-5-11(15,16)17;/h1-3,6,9-10H,4-5,20H2;1H/t9-;/m0./s1. The number of hydrogen-bond acceptors (Lipinski definition) is 2. The Morgan fingerprint density at radius 2 is 1.68 bits per heavy atom. The van der Waals surface area contributed by atoms with Crippen LogP contribution in [0.5, 0.6) is 5.75 Å². The zero-order chi connectivity index (χ0) is 16.3. The van der Waals surface area contributed by atoms with Gasteiger partial charge in [-0.1, -0.05) is 12.1 Å². The van der Waals surface area contributed by atoms with Crippen molar-refractivity contribution in [1.29, 1.82) is 0 Å². The predicted octanol–water partition coefficient (Wildman–Crippen LogP) is 4.69. The van der Waals surface area contributed by atoms with Crippen LogP contribution in [0.25, 0.3) is 0 Å². The Kier molecular flexibility index (Phi) is 7.43. The van der Waals surface area contributed by atoms with Gasteiger partial charge in [-0.3, -0.25) is 0 Å². The summed E-state index contributed by atoms with van der Waals surface area (Å²) < 4.78 is 89.4. The van der Waals surface area contributed by atoms with Crippen molar-refractivity contribution < 1.29 is 35.5 Å². The summed E-state index contributed by atoms with van der Waals surface area (Å²) in [6.07, 6.45) is -14.7. The van der Waals surface area contributed by atoms with Gasteiger partial charge in [-0.15, -0.1) is 12.4 Å². The maximum absolute atomic E-state index is 12.7. The molecule has 0 aliphatic carbocycles. The normalized spacial score (nSPS) is 13.7. The van der Waals surface area contributed by atoms with Crippen molar-refractivity contribution in [3.8, 4) is 5.75 Å². The first-order valence-electron chi connectivity index (χ1n) is 5.78. The molecule has 0 heterocycles. The lowest BCUT2D eigenvalue weighted by Gasteiger charge is -2.18. The van der Waals surface area contributed by atoms with Gasteiger partial charge >= 0.3 is 18.7 Å². The summed E-state index contributed by atoms with van der Waals surface area (Å²) in [5.41, 5.74) is 5.59. The molecule has 0 amide bonds. The molecule has 128 valence electrons. The van der Waals surface area contributed by atoms with Crippen molar-refractivity contribution in [2.75, 3.05) is 0 Å². The molecular formula is C12H13ClF7NO. The van der Waals surface area contributed by atoms with Gasteiger partial charge in [0, 0.05) is 12.5 Å². The molecule has 2 N–H and O–H groups in total. The number of alkyl halides is 7. The molecule has 0 aliphatic heterocycles. The van der Waals surface area contributed by atoms with Crippen LogP contribution in [-0.2, 0) is 0 Å². The van der Waals surface area contributed by atoms with E-state index >= 15 is 0 Å². The Morgan fingerprint density at radius 1 is 1.09 bits per heavy atom. The van der Waals surface area contributed by atoms with Crippen molar-refractivity contribution >= 4 is 12.4 Å². The fourth-order valence-electron chi connectivity index (χ4n) is 1.50. The highest BCUT2D eigenvalue weighted by molar-refractivity contribution is 5.85. The Hall–Kier alpha value is -1.22. The van der Waals surface area contributed by atoms with Crippen LogP contribution in [-0.4, -0.2) is 18.7 Å². The topological polar surface area (TPSA) is 35.2 Å². The van der Waals surface area contributed by atoms with E-state index in [2.05, 4.69) is 4.74 Å². The van der Waals surface area contributed by atoms with Crippen LogP contribution in [0, 0.1) is 0 Å². The van der Waals surface area contributed by atoms with Gasteiger partial charge in [0.05, 0.1) is 0 Å². The van der Waals surface area contributed by atoms with E-state index in [0.29, 0.717) is 0 Å². The van der Waals surface area contributed by atoms with Gasteiger partial charge < -0.3 is 10.5 Å². The number of rotatable bonds is 6. The van der Waals surface area contributed by atoms with E-state index in [1.807, 2.05) is 0 Å². The third-order valence-corrected chi connectivity index (χ3v) is 2.53. The highest BCUT2D eigenvalue weighted by Gasteiger charge is 2.44. The second kappa shape index (κ2) is 7.87. The first kappa shape index (κ1) is 20.8. The van der Waals surface area contributed by atoms with Crippen molar-refractivity contribution in [3.05, 3.63) is 29.8 Å². The van der Waals surface area contributed by atoms with Crippen molar-refractivity contribution in [3.63, 3.8) is 0 Å². The van der Waals surface area contributed by atoms with E-state index in [0.717, 1.165) is 12.1 Å². The molecule has 0 saturated heterocycles. The second-order valence-electron chi connectivity index (χ2n) is 4.30. The molecule has 22 heavy (non-hydrogen) atoms. The Balaban J connectivity index is 0.00000441. The Bertz CT molecular complexity index is 467. The number of benzene rings is 1. The van der Waals surface area contributed by atoms with Gasteiger partial charge in [0.1, 0.15) is 5.75 Å². The first-order chi connectivity index (χ1) is 9.51. The fraction of sp³-hybridized carbons (Fsp3) is 0.500. The van der Waals surface area contributed by atoms with E-state index in [1.54, 1.807) is 0 Å². The van der Waals surface area contributed by atoms with Crippen LogP contribution in [0.2, 0.25) is 0 Å². The molecule has 0 aromatic heterocycles. The van der Waals surface area contributed by atoms with Crippen LogP contribution in [0.4, 0.5) is 30.7 Å². The maximum atomic E-state index is 12.7. The third-order valence-electron chi connectivity index (χ3n) is 2.53. The molecule has 0 saturated carbocycles. The van der Waals surface area contributed by atoms with E-state index in [-0.39, 0.29) is 18.0 Å². The van der Waals surface area contributed by atoms with Gasteiger partial charge in [0.15, 0.2) is 0 Å². The summed E-state index contributed by atoms with van der Waals surface area (Å²) >= 11 is 0. The van der Waals surface area contributed by atoms with Crippen molar-refractivity contribution in [2.45, 2.75) is 37.6 Å². The van der Waals surface area contributed by atoms with E-state index in [4.69, 9.17) is 5.73 Å². The number of ether oxygens (including phenoxy) is 1. The zero-order valence-corrected chi connectivity index (χ0v) is 11.7. The quantitative estimate of drug-likeness (QED) is 0.751. The maximum Gasteiger partial charge on any atom is 0.461 e. The summed E-state index contributed by atoms with van der Waals surface area (Å²) in [5.74, 6) is -0.597. The molecule has 10 heteroatoms. The lowest BCUT2D eigenvalue weighted by atomic mass is 10.0. The summed E-state index contributed by atoms with van der Waals surface area (Å²) in [4.78, 5) is 0. The minimum Gasteiger partial charge on any atom is -0.428 e. The lowest BCUT2D eigenvalue weighted by Crippen LogP contribution is -2.33. The highest BCUT2D eigenvalue weighted by atomic mass is 35.5. The molecule has 0 bridgehead atoms. The van der Waals surface area contributed by atoms with Gasteiger partial charge in [-0.2, -0.15) is 30.7 Å². The lowest BCUT2D eigenvalue weighted by molar-refractivity contribution is -0.253. The molecule has 0 unspecified atom stereocenters. The van der Waals surface area contributed by atoms with E-state index in [1.165, 1.54) is 12.1 Å². The molecule has 1 rings (SSSR count). The average molecular weight is 356 g/mol. The molecule has 0 radical (unpaired) electrons. The molecule has 1 atom stereocenters. The second-order valence-corrected chi connectivity index (χ2v) is 4.30. The summed E-state index contributed by atoms with van der Waals surface area (Å²) in [6.45, 7) is 0. The van der Waals surface area contributed by atoms with Crippen molar-refractivity contribution in [1.82, 2.24) is 0 Å². The van der Waals surface area contributed by atoms with Gasteiger partial charge in [0.25, 0.3) is 0 Å². The molecule has 0 fully saturated rings. The van der Waals surface area contributed by atoms with E-state index < -0.39 is 43.3 Å². The van der Waals surface area contributed by atoms with E-state index in [9.17, 15) is 30.7 Å². The van der Waals surface area contributed by atoms with Crippen LogP contribution in [0.1, 0.15) is 24.4 Å². The minimum atomic E-state index is -4.69. The number of nitrogens with two attached hydrogens (primary N) is 1. The number of halogens is 8. The summed E-state index contributed by atoms with van der Waals surface area (Å²) in [6, 6.07) is 3.30. The largest absolute Gasteiger partial charge is 0.461 e. The number of hydrogen-bond donors (Lipinski definition) is 1. The molecule has 0 spiro atoms. The smallest absolute Gasteiger partial charge is 0.428 e. The van der Waals surface area contributed by atoms with Crippen LogP contribution in [0.15, 0.2) is 24.3 Å². The summed E-state index contributed by atoms with van der Waals surface area (Å²) in [7, 11) is 0. The highest BCUT2D eigenvalue weighted by Crippen LogP contribution is 2.31. The molecule has 2 nitrogen and oxygen atoms in total. The molecular weight excluding hydrogens is 343 g/mol. The Morgan fingerprint density at radius 3 is 2.18 bits per heavy atom. The SMILES string of the molecule is Cl.N[C@@H](CCC(F)(F)F)c1cccc(OC(F)(F)C(F)F)c1. The molecule has 1 aromatic carbocycles. The fourth-order valence-corrected chi connectivity index (χ4v) is 1.50. The van der Waals surface area contributed by atoms with Crippen molar-refractivity contribution in [2.24, 2.45) is 5.73 Å². The third kappa shape index (κ3) is 6.69. The van der Waals surface area contributed by atoms with Gasteiger partial charge in [-0.05, 0) is 24.1 Å². The monoisotopic (exact) mass is 355 g/mol. The summed E-state index contributed by atoms with van der Waals surface area (Å²) in [5, 5.41) is 0. The Labute approximate surface area is 127 Å². The molecule has 0 aliphatic rings. The predicted molar refractivity (Wildman–Crippen MR) is 67.5 cm³/mol. The van der Waals surface area contributed by atoms with Crippen LogP contribution >= 0.6 is 12.4 Å².